The number of carbonyl (C=O) groups excluding carboxylic acids is 1. The molecular weight excluding hydrogens is 561 g/mol. The number of benzene rings is 3. The number of hydrogen-bond donors (Lipinski definition) is 0. The fourth-order valence-corrected chi connectivity index (χ4v) is 6.28. The average Bonchev–Trinajstić information content (AvgIpc) is 3.42. The van der Waals surface area contributed by atoms with Crippen molar-refractivity contribution in [2.24, 2.45) is 0 Å². The average molecular weight is 589 g/mol. The maximum Gasteiger partial charge on any atom is 0.302 e. The lowest BCUT2D eigenvalue weighted by Gasteiger charge is -2.33. The third-order valence-corrected chi connectivity index (χ3v) is 8.55. The van der Waals surface area contributed by atoms with Crippen LogP contribution in [0.15, 0.2) is 78.0 Å². The van der Waals surface area contributed by atoms with Crippen LogP contribution >= 0.6 is 23.2 Å². The Balaban J connectivity index is 1.79. The minimum Gasteiger partial charge on any atom is -0.461 e. The Morgan fingerprint density at radius 2 is 1.74 bits per heavy atom. The van der Waals surface area contributed by atoms with Crippen LogP contribution in [0.5, 0.6) is 0 Å². The molecular formula is C27H27Cl2N5O4S. The van der Waals surface area contributed by atoms with Gasteiger partial charge in [-0.2, -0.15) is 0 Å². The van der Waals surface area contributed by atoms with Crippen molar-refractivity contribution in [3.8, 4) is 0 Å². The predicted molar refractivity (Wildman–Crippen MR) is 149 cm³/mol. The zero-order chi connectivity index (χ0) is 28.0. The third-order valence-electron chi connectivity index (χ3n) is 6.17. The quantitative estimate of drug-likeness (QED) is 0.209. The fourth-order valence-electron chi connectivity index (χ4n) is 4.32. The molecule has 0 saturated carbocycles. The lowest BCUT2D eigenvalue weighted by Crippen LogP contribution is -2.35. The number of nitrogens with zero attached hydrogens (tertiary/aromatic N) is 5. The van der Waals surface area contributed by atoms with E-state index >= 15 is 0 Å². The summed E-state index contributed by atoms with van der Waals surface area (Å²) in [6.45, 7) is 3.62. The summed E-state index contributed by atoms with van der Waals surface area (Å²) in [4.78, 5) is 11.7. The summed E-state index contributed by atoms with van der Waals surface area (Å²) in [6.07, 6.45) is 2.97. The zero-order valence-corrected chi connectivity index (χ0v) is 23.7. The van der Waals surface area contributed by atoms with E-state index in [1.807, 2.05) is 31.2 Å². The molecule has 204 valence electrons. The van der Waals surface area contributed by atoms with Crippen LogP contribution in [0.3, 0.4) is 0 Å². The smallest absolute Gasteiger partial charge is 0.302 e. The standard InChI is InChI=1S/C27H27Cl2N5O4S/c1-19(26-8-4-3-6-21(26)7-5-15-33-18-30-31-32-33)34(39(36,37)25-13-11-23(28)12-14-25)27-16-24(29)10-9-22(27)17-38-20(2)35/h3-4,6,8-14,16,18-19H,5,7,15,17H2,1-2H3. The van der Waals surface area contributed by atoms with Crippen molar-refractivity contribution >= 4 is 44.9 Å². The minimum absolute atomic E-state index is 0.0633. The molecule has 0 spiro atoms. The van der Waals surface area contributed by atoms with E-state index in [9.17, 15) is 13.2 Å². The van der Waals surface area contributed by atoms with Crippen molar-refractivity contribution in [2.45, 2.75) is 50.8 Å². The highest BCUT2D eigenvalue weighted by Crippen LogP contribution is 2.38. The number of halogens is 2. The molecule has 0 aliphatic carbocycles. The van der Waals surface area contributed by atoms with Crippen LogP contribution in [0, 0.1) is 0 Å². The molecule has 4 rings (SSSR count). The van der Waals surface area contributed by atoms with Gasteiger partial charge in [-0.15, -0.1) is 5.10 Å². The van der Waals surface area contributed by atoms with Crippen molar-refractivity contribution in [3.63, 3.8) is 0 Å². The van der Waals surface area contributed by atoms with E-state index < -0.39 is 22.0 Å². The normalized spacial score (nSPS) is 12.2. The number of carbonyl (C=O) groups is 1. The summed E-state index contributed by atoms with van der Waals surface area (Å²) >= 11 is 12.4. The van der Waals surface area contributed by atoms with Gasteiger partial charge in [-0.1, -0.05) is 53.5 Å². The number of aromatic nitrogens is 4. The maximum absolute atomic E-state index is 14.2. The van der Waals surface area contributed by atoms with Crippen LogP contribution in [-0.4, -0.2) is 34.6 Å². The SMILES string of the molecule is CC(=O)OCc1ccc(Cl)cc1N(C(C)c1ccccc1CCCn1cnnn1)S(=O)(=O)c1ccc(Cl)cc1. The van der Waals surface area contributed by atoms with Gasteiger partial charge < -0.3 is 4.74 Å². The van der Waals surface area contributed by atoms with Crippen molar-refractivity contribution in [1.82, 2.24) is 20.2 Å². The third kappa shape index (κ3) is 6.95. The lowest BCUT2D eigenvalue weighted by molar-refractivity contribution is -0.142. The molecule has 0 aliphatic heterocycles. The van der Waals surface area contributed by atoms with Gasteiger partial charge in [0.15, 0.2) is 0 Å². The van der Waals surface area contributed by atoms with Gasteiger partial charge in [0.05, 0.1) is 16.6 Å². The van der Waals surface area contributed by atoms with Gasteiger partial charge in [0.25, 0.3) is 10.0 Å². The van der Waals surface area contributed by atoms with E-state index in [0.717, 1.165) is 17.5 Å². The van der Waals surface area contributed by atoms with E-state index in [1.54, 1.807) is 29.2 Å². The highest BCUT2D eigenvalue weighted by molar-refractivity contribution is 7.92. The topological polar surface area (TPSA) is 107 Å². The molecule has 0 bridgehead atoms. The molecule has 0 amide bonds. The molecule has 1 heterocycles. The van der Waals surface area contributed by atoms with Gasteiger partial charge >= 0.3 is 5.97 Å². The number of esters is 1. The number of sulfonamides is 1. The first-order valence-electron chi connectivity index (χ1n) is 12.2. The number of hydrogen-bond acceptors (Lipinski definition) is 7. The molecule has 12 heteroatoms. The molecule has 0 aliphatic rings. The number of ether oxygens (including phenoxy) is 1. The molecule has 1 aromatic heterocycles. The minimum atomic E-state index is -4.12. The maximum atomic E-state index is 14.2. The second kappa shape index (κ2) is 12.6. The molecule has 0 N–H and O–H groups in total. The number of aryl methyl sites for hydroxylation is 2. The van der Waals surface area contributed by atoms with Crippen molar-refractivity contribution in [1.29, 1.82) is 0 Å². The van der Waals surface area contributed by atoms with Crippen molar-refractivity contribution in [3.05, 3.63) is 99.8 Å². The van der Waals surface area contributed by atoms with Crippen LogP contribution in [0.1, 0.15) is 43.0 Å². The van der Waals surface area contributed by atoms with Gasteiger partial charge in [0, 0.05) is 29.1 Å². The zero-order valence-electron chi connectivity index (χ0n) is 21.4. The summed E-state index contributed by atoms with van der Waals surface area (Å²) in [5.74, 6) is -0.482. The van der Waals surface area contributed by atoms with Crippen LogP contribution in [-0.2, 0) is 39.1 Å². The molecule has 4 aromatic rings. The lowest BCUT2D eigenvalue weighted by atomic mass is 9.97. The van der Waals surface area contributed by atoms with Crippen LogP contribution in [0.4, 0.5) is 5.69 Å². The largest absolute Gasteiger partial charge is 0.461 e. The molecule has 3 aromatic carbocycles. The van der Waals surface area contributed by atoms with Gasteiger partial charge in [0.2, 0.25) is 0 Å². The van der Waals surface area contributed by atoms with E-state index in [2.05, 4.69) is 15.5 Å². The Hall–Kier alpha value is -3.47. The monoisotopic (exact) mass is 587 g/mol. The molecule has 0 radical (unpaired) electrons. The summed E-state index contributed by atoms with van der Waals surface area (Å²) in [5, 5.41) is 12.0. The highest BCUT2D eigenvalue weighted by atomic mass is 35.5. The summed E-state index contributed by atoms with van der Waals surface area (Å²) in [5.41, 5.74) is 2.62. The number of rotatable bonds is 11. The first kappa shape index (κ1) is 28.5. The van der Waals surface area contributed by atoms with Crippen molar-refractivity contribution < 1.29 is 17.9 Å². The first-order chi connectivity index (χ1) is 18.7. The first-order valence-corrected chi connectivity index (χ1v) is 14.4. The second-order valence-electron chi connectivity index (χ2n) is 8.86. The predicted octanol–water partition coefficient (Wildman–Crippen LogP) is 5.63. The van der Waals surface area contributed by atoms with Gasteiger partial charge in [-0.05, 0) is 77.7 Å². The summed E-state index contributed by atoms with van der Waals surface area (Å²) < 4.78 is 36.7. The summed E-state index contributed by atoms with van der Waals surface area (Å²) in [7, 11) is -4.12. The highest BCUT2D eigenvalue weighted by Gasteiger charge is 2.33. The molecule has 0 fully saturated rings. The van der Waals surface area contributed by atoms with Crippen LogP contribution in [0.2, 0.25) is 10.0 Å². The Labute approximate surface area is 237 Å². The molecule has 1 unspecified atom stereocenters. The van der Waals surface area contributed by atoms with Crippen LogP contribution < -0.4 is 4.31 Å². The Morgan fingerprint density at radius 1 is 1.03 bits per heavy atom. The molecule has 39 heavy (non-hydrogen) atoms. The van der Waals surface area contributed by atoms with Gasteiger partial charge in [0.1, 0.15) is 12.9 Å². The Bertz CT molecular complexity index is 1530. The Kier molecular flexibility index (Phi) is 9.21. The summed E-state index contributed by atoms with van der Waals surface area (Å²) in [6, 6.07) is 17.9. The van der Waals surface area contributed by atoms with E-state index in [-0.39, 0.29) is 11.5 Å². The van der Waals surface area contributed by atoms with Crippen molar-refractivity contribution in [2.75, 3.05) is 4.31 Å². The fraction of sp³-hybridized carbons (Fsp3) is 0.259. The molecule has 9 nitrogen and oxygen atoms in total. The van der Waals surface area contributed by atoms with Gasteiger partial charge in [-0.3, -0.25) is 9.10 Å². The van der Waals surface area contributed by atoms with Gasteiger partial charge in [-0.25, -0.2) is 13.1 Å². The molecule has 0 saturated heterocycles. The van der Waals surface area contributed by atoms with E-state index in [1.165, 1.54) is 35.5 Å². The molecule has 1 atom stereocenters. The van der Waals surface area contributed by atoms with Crippen LogP contribution in [0.25, 0.3) is 0 Å². The number of anilines is 1. The number of tetrazole rings is 1. The second-order valence-corrected chi connectivity index (χ2v) is 11.5. The Morgan fingerprint density at radius 3 is 2.44 bits per heavy atom. The van der Waals surface area contributed by atoms with E-state index in [0.29, 0.717) is 34.3 Å². The van der Waals surface area contributed by atoms with E-state index in [4.69, 9.17) is 27.9 Å².